The van der Waals surface area contributed by atoms with Gasteiger partial charge in [-0.1, -0.05) is 55.8 Å². The molecule has 8 heteroatoms. The zero-order valence-corrected chi connectivity index (χ0v) is 24.4. The first-order chi connectivity index (χ1) is 20.9. The highest BCUT2D eigenvalue weighted by molar-refractivity contribution is 6.19. The van der Waals surface area contributed by atoms with Crippen molar-refractivity contribution in [2.75, 3.05) is 13.7 Å². The molecule has 8 nitrogen and oxygen atoms in total. The summed E-state index contributed by atoms with van der Waals surface area (Å²) in [4.78, 5) is 28.3. The molecule has 3 aromatic carbocycles. The minimum absolute atomic E-state index is 0.0186. The molecule has 5 rings (SSSR count). The van der Waals surface area contributed by atoms with E-state index in [9.17, 15) is 14.9 Å². The van der Waals surface area contributed by atoms with Gasteiger partial charge in [0.05, 0.1) is 25.9 Å². The van der Waals surface area contributed by atoms with E-state index in [0.29, 0.717) is 29.2 Å². The molecule has 0 spiro atoms. The van der Waals surface area contributed by atoms with Gasteiger partial charge in [-0.15, -0.1) is 0 Å². The molecule has 0 radical (unpaired) electrons. The summed E-state index contributed by atoms with van der Waals surface area (Å²) >= 11 is 0. The van der Waals surface area contributed by atoms with Gasteiger partial charge in [-0.25, -0.2) is 4.68 Å². The van der Waals surface area contributed by atoms with E-state index in [1.54, 1.807) is 49.1 Å². The lowest BCUT2D eigenvalue weighted by molar-refractivity contribution is -0.141. The molecule has 2 heterocycles. The van der Waals surface area contributed by atoms with Gasteiger partial charge in [-0.2, -0.15) is 10.4 Å². The molecular formula is C35H32N4O4. The minimum atomic E-state index is -0.616. The smallest absolute Gasteiger partial charge is 0.271 e. The van der Waals surface area contributed by atoms with Crippen molar-refractivity contribution in [3.05, 3.63) is 113 Å². The molecule has 0 bridgehead atoms. The largest absolute Gasteiger partial charge is 0.497 e. The molecule has 0 atom stereocenters. The van der Waals surface area contributed by atoms with E-state index >= 15 is 0 Å². The topological polar surface area (TPSA) is 97.4 Å². The second-order valence-corrected chi connectivity index (χ2v) is 10.2. The van der Waals surface area contributed by atoms with Crippen LogP contribution >= 0.6 is 0 Å². The Morgan fingerprint density at radius 2 is 1.72 bits per heavy atom. The lowest BCUT2D eigenvalue weighted by Gasteiger charge is -2.27. The third kappa shape index (κ3) is 6.26. The summed E-state index contributed by atoms with van der Waals surface area (Å²) in [7, 11) is 1.57. The van der Waals surface area contributed by atoms with Crippen molar-refractivity contribution >= 4 is 17.9 Å². The van der Waals surface area contributed by atoms with Gasteiger partial charge in [0, 0.05) is 22.9 Å². The van der Waals surface area contributed by atoms with Gasteiger partial charge in [0.25, 0.3) is 11.8 Å². The predicted molar refractivity (Wildman–Crippen MR) is 164 cm³/mol. The standard InChI is InChI=1S/C35H32N4O4/c1-4-5-18-43-30-13-9-10-26(19-30)33-27(23-39(37-33)28-11-7-6-8-12-28)20-31-24(2)32(21-36)35(41)38(34(31)40)22-25-14-16-29(42-3)17-15-25/h6-17,19-20,23H,4-5,18,22H2,1-3H3/b31-20+. The molecular weight excluding hydrogens is 540 g/mol. The SMILES string of the molecule is CCCCOc1cccc(-c2nn(-c3ccccc3)cc2/C=C2/C(=O)N(Cc3ccc(OC)cc3)C(=O)C(C#N)=C2C)c1. The molecule has 2 amide bonds. The number of ether oxygens (including phenoxy) is 2. The number of unbranched alkanes of at least 4 members (excludes halogenated alkanes) is 1. The van der Waals surface area contributed by atoms with Gasteiger partial charge >= 0.3 is 0 Å². The highest BCUT2D eigenvalue weighted by Crippen LogP contribution is 2.33. The van der Waals surface area contributed by atoms with Crippen LogP contribution in [0.25, 0.3) is 23.0 Å². The van der Waals surface area contributed by atoms with Crippen molar-refractivity contribution in [3.8, 4) is 34.5 Å². The number of hydrogen-bond donors (Lipinski definition) is 0. The zero-order valence-electron chi connectivity index (χ0n) is 24.4. The van der Waals surface area contributed by atoms with Crippen LogP contribution in [0.2, 0.25) is 0 Å². The molecule has 1 aliphatic heterocycles. The van der Waals surface area contributed by atoms with E-state index in [1.165, 1.54) is 0 Å². The maximum Gasteiger partial charge on any atom is 0.271 e. The van der Waals surface area contributed by atoms with Crippen LogP contribution in [-0.4, -0.2) is 40.2 Å². The van der Waals surface area contributed by atoms with E-state index in [0.717, 1.165) is 40.3 Å². The summed E-state index contributed by atoms with van der Waals surface area (Å²) in [6.07, 6.45) is 5.54. The van der Waals surface area contributed by atoms with Crippen LogP contribution < -0.4 is 9.47 Å². The minimum Gasteiger partial charge on any atom is -0.497 e. The summed E-state index contributed by atoms with van der Waals surface area (Å²) < 4.78 is 12.9. The van der Waals surface area contributed by atoms with Crippen molar-refractivity contribution in [2.24, 2.45) is 0 Å². The van der Waals surface area contributed by atoms with E-state index in [1.807, 2.05) is 66.9 Å². The Morgan fingerprint density at radius 3 is 2.42 bits per heavy atom. The second kappa shape index (κ2) is 13.0. The van der Waals surface area contributed by atoms with Gasteiger partial charge in [-0.05, 0) is 67.0 Å². The summed E-state index contributed by atoms with van der Waals surface area (Å²) in [6.45, 7) is 4.38. The Bertz CT molecular complexity index is 1740. The maximum absolute atomic E-state index is 13.9. The zero-order chi connectivity index (χ0) is 30.3. The monoisotopic (exact) mass is 572 g/mol. The summed E-state index contributed by atoms with van der Waals surface area (Å²) in [5.41, 5.74) is 4.21. The summed E-state index contributed by atoms with van der Waals surface area (Å²) in [6, 6.07) is 26.5. The van der Waals surface area contributed by atoms with Crippen LogP contribution in [0.3, 0.4) is 0 Å². The Kier molecular flexibility index (Phi) is 8.82. The molecule has 0 fully saturated rings. The molecule has 43 heavy (non-hydrogen) atoms. The van der Waals surface area contributed by atoms with E-state index in [-0.39, 0.29) is 17.7 Å². The Balaban J connectivity index is 1.60. The van der Waals surface area contributed by atoms with E-state index < -0.39 is 11.8 Å². The molecule has 0 N–H and O–H groups in total. The van der Waals surface area contributed by atoms with Gasteiger partial charge in [-0.3, -0.25) is 14.5 Å². The van der Waals surface area contributed by atoms with Crippen LogP contribution in [0, 0.1) is 11.3 Å². The Labute approximate surface area is 251 Å². The fourth-order valence-corrected chi connectivity index (χ4v) is 4.84. The molecule has 0 saturated heterocycles. The van der Waals surface area contributed by atoms with Crippen molar-refractivity contribution in [2.45, 2.75) is 33.2 Å². The number of aromatic nitrogens is 2. The maximum atomic E-state index is 13.9. The molecule has 0 saturated carbocycles. The van der Waals surface area contributed by atoms with Gasteiger partial charge in [0.15, 0.2) is 0 Å². The summed E-state index contributed by atoms with van der Waals surface area (Å²) in [5.74, 6) is 0.297. The number of amides is 2. The highest BCUT2D eigenvalue weighted by Gasteiger charge is 2.35. The number of hydrogen-bond acceptors (Lipinski definition) is 6. The Morgan fingerprint density at radius 1 is 0.953 bits per heavy atom. The number of carbonyl (C=O) groups is 2. The average molecular weight is 573 g/mol. The number of imide groups is 1. The molecule has 1 aliphatic rings. The number of nitriles is 1. The number of methoxy groups -OCH3 is 1. The Hall–Kier alpha value is -5.42. The van der Waals surface area contributed by atoms with Crippen molar-refractivity contribution in [1.29, 1.82) is 5.26 Å². The van der Waals surface area contributed by atoms with Crippen molar-refractivity contribution in [1.82, 2.24) is 14.7 Å². The molecule has 1 aromatic heterocycles. The van der Waals surface area contributed by atoms with Crippen molar-refractivity contribution in [3.63, 3.8) is 0 Å². The van der Waals surface area contributed by atoms with Gasteiger partial charge in [0.1, 0.15) is 28.8 Å². The lowest BCUT2D eigenvalue weighted by atomic mass is 9.93. The fraction of sp³-hybridized carbons (Fsp3) is 0.200. The van der Waals surface area contributed by atoms with Crippen LogP contribution in [0.5, 0.6) is 11.5 Å². The van der Waals surface area contributed by atoms with E-state index in [4.69, 9.17) is 14.6 Å². The molecule has 0 aliphatic carbocycles. The molecule has 4 aromatic rings. The third-order valence-electron chi connectivity index (χ3n) is 7.26. The fourth-order valence-electron chi connectivity index (χ4n) is 4.84. The van der Waals surface area contributed by atoms with Crippen molar-refractivity contribution < 1.29 is 19.1 Å². The van der Waals surface area contributed by atoms with Crippen LogP contribution in [-0.2, 0) is 16.1 Å². The van der Waals surface area contributed by atoms with E-state index in [2.05, 4.69) is 6.92 Å². The first-order valence-corrected chi connectivity index (χ1v) is 14.1. The first kappa shape index (κ1) is 29.1. The number of carbonyl (C=O) groups excluding carboxylic acids is 2. The van der Waals surface area contributed by atoms with Crippen LogP contribution in [0.15, 0.2) is 102 Å². The number of benzene rings is 3. The first-order valence-electron chi connectivity index (χ1n) is 14.1. The third-order valence-corrected chi connectivity index (χ3v) is 7.26. The van der Waals surface area contributed by atoms with Crippen LogP contribution in [0.1, 0.15) is 37.8 Å². The number of para-hydroxylation sites is 1. The highest BCUT2D eigenvalue weighted by atomic mass is 16.5. The quantitative estimate of drug-likeness (QED) is 0.122. The average Bonchev–Trinajstić information content (AvgIpc) is 3.47. The summed E-state index contributed by atoms with van der Waals surface area (Å²) in [5, 5.41) is 14.8. The molecule has 0 unspecified atom stereocenters. The number of nitrogens with zero attached hydrogens (tertiary/aromatic N) is 4. The lowest BCUT2D eigenvalue weighted by Crippen LogP contribution is -2.42. The van der Waals surface area contributed by atoms with Crippen LogP contribution in [0.4, 0.5) is 0 Å². The predicted octanol–water partition coefficient (Wildman–Crippen LogP) is 6.52. The number of rotatable bonds is 10. The normalized spacial score (nSPS) is 14.3. The van der Waals surface area contributed by atoms with Gasteiger partial charge in [0.2, 0.25) is 0 Å². The second-order valence-electron chi connectivity index (χ2n) is 10.2. The van der Waals surface area contributed by atoms with Gasteiger partial charge < -0.3 is 9.47 Å². The molecule has 216 valence electrons.